The van der Waals surface area contributed by atoms with E-state index in [-0.39, 0.29) is 27.2 Å². The lowest BCUT2D eigenvalue weighted by molar-refractivity contribution is -0.127. The van der Waals surface area contributed by atoms with Crippen molar-refractivity contribution in [2.45, 2.75) is 17.5 Å². The van der Waals surface area contributed by atoms with Crippen LogP contribution >= 0.6 is 23.2 Å². The van der Waals surface area contributed by atoms with E-state index in [1.807, 2.05) is 30.3 Å². The first kappa shape index (κ1) is 21.5. The maximum Gasteiger partial charge on any atom is 0.266 e. The van der Waals surface area contributed by atoms with Gasteiger partial charge >= 0.3 is 0 Å². The molecule has 1 aliphatic rings. The molecule has 0 fully saturated rings. The van der Waals surface area contributed by atoms with E-state index in [2.05, 4.69) is 5.32 Å². The molecular weight excluding hydrogens is 459 g/mol. The highest BCUT2D eigenvalue weighted by Gasteiger charge is 2.38. The van der Waals surface area contributed by atoms with Gasteiger partial charge in [-0.15, -0.1) is 0 Å². The van der Waals surface area contributed by atoms with Gasteiger partial charge in [0, 0.05) is 11.6 Å². The summed E-state index contributed by atoms with van der Waals surface area (Å²) in [6, 6.07) is 20.3. The highest BCUT2D eigenvalue weighted by atomic mass is 35.5. The number of carbonyl (C=O) groups excluding carboxylic acids is 1. The predicted molar refractivity (Wildman–Crippen MR) is 120 cm³/mol. The summed E-state index contributed by atoms with van der Waals surface area (Å²) in [5, 5.41) is 3.08. The fraction of sp³-hybridized carbons (Fsp3) is 0.136. The topological polar surface area (TPSA) is 75.7 Å². The van der Waals surface area contributed by atoms with Gasteiger partial charge in [-0.2, -0.15) is 0 Å². The molecule has 1 unspecified atom stereocenters. The molecule has 0 saturated heterocycles. The van der Waals surface area contributed by atoms with Gasteiger partial charge in [-0.1, -0.05) is 65.7 Å². The molecule has 1 amide bonds. The third-order valence-corrected chi connectivity index (χ3v) is 7.29. The van der Waals surface area contributed by atoms with Gasteiger partial charge in [0.15, 0.2) is 6.10 Å². The first-order valence-electron chi connectivity index (χ1n) is 9.41. The largest absolute Gasteiger partial charge is 0.476 e. The summed E-state index contributed by atoms with van der Waals surface area (Å²) in [4.78, 5) is 12.7. The Labute approximate surface area is 190 Å². The second kappa shape index (κ2) is 8.78. The summed E-state index contributed by atoms with van der Waals surface area (Å²) in [6.45, 7) is 0.0941. The number of ether oxygens (including phenoxy) is 1. The molecule has 0 aliphatic carbocycles. The lowest BCUT2D eigenvalue weighted by atomic mass is 10.2. The van der Waals surface area contributed by atoms with Crippen LogP contribution in [0.2, 0.25) is 10.0 Å². The van der Waals surface area contributed by atoms with Crippen LogP contribution in [-0.2, 0) is 21.4 Å². The predicted octanol–water partition coefficient (Wildman–Crippen LogP) is 4.27. The Kier molecular flexibility index (Phi) is 6.09. The molecule has 4 rings (SSSR count). The van der Waals surface area contributed by atoms with Crippen molar-refractivity contribution in [2.24, 2.45) is 0 Å². The minimum Gasteiger partial charge on any atom is -0.476 e. The number of nitrogens with zero attached hydrogens (tertiary/aromatic N) is 1. The maximum atomic E-state index is 13.5. The van der Waals surface area contributed by atoms with Crippen molar-refractivity contribution in [3.63, 3.8) is 0 Å². The van der Waals surface area contributed by atoms with Gasteiger partial charge in [-0.3, -0.25) is 9.10 Å². The summed E-state index contributed by atoms with van der Waals surface area (Å²) in [5.74, 6) is -0.133. The van der Waals surface area contributed by atoms with E-state index in [0.29, 0.717) is 12.2 Å². The van der Waals surface area contributed by atoms with E-state index in [1.54, 1.807) is 24.3 Å². The zero-order valence-corrected chi connectivity index (χ0v) is 18.5. The molecule has 3 aromatic rings. The Bertz CT molecular complexity index is 1220. The Morgan fingerprint density at radius 2 is 1.74 bits per heavy atom. The molecule has 1 atom stereocenters. The Hall–Kier alpha value is -2.74. The van der Waals surface area contributed by atoms with Gasteiger partial charge < -0.3 is 10.1 Å². The van der Waals surface area contributed by atoms with E-state index in [0.717, 1.165) is 9.87 Å². The number of fused-ring (bicyclic) bond motifs is 1. The Morgan fingerprint density at radius 1 is 1.03 bits per heavy atom. The van der Waals surface area contributed by atoms with Gasteiger partial charge in [0.05, 0.1) is 17.3 Å². The Morgan fingerprint density at radius 3 is 2.52 bits per heavy atom. The second-order valence-corrected chi connectivity index (χ2v) is 9.56. The van der Waals surface area contributed by atoms with Crippen molar-refractivity contribution in [3.8, 4) is 5.75 Å². The quantitative estimate of drug-likeness (QED) is 0.596. The zero-order chi connectivity index (χ0) is 22.0. The van der Waals surface area contributed by atoms with Crippen LogP contribution in [0.4, 0.5) is 5.69 Å². The smallest absolute Gasteiger partial charge is 0.266 e. The molecule has 0 aromatic heterocycles. The fourth-order valence-electron chi connectivity index (χ4n) is 3.26. The first-order chi connectivity index (χ1) is 14.9. The van der Waals surface area contributed by atoms with Crippen LogP contribution < -0.4 is 14.4 Å². The highest BCUT2D eigenvalue weighted by Crippen LogP contribution is 2.38. The number of carbonyl (C=O) groups is 1. The molecule has 160 valence electrons. The molecule has 0 saturated carbocycles. The third-order valence-electron chi connectivity index (χ3n) is 4.80. The molecule has 31 heavy (non-hydrogen) atoms. The van der Waals surface area contributed by atoms with Crippen LogP contribution in [0.1, 0.15) is 5.56 Å². The van der Waals surface area contributed by atoms with Crippen LogP contribution in [0, 0.1) is 0 Å². The van der Waals surface area contributed by atoms with E-state index in [4.69, 9.17) is 27.9 Å². The number of rotatable bonds is 5. The van der Waals surface area contributed by atoms with Crippen LogP contribution in [0.15, 0.2) is 77.7 Å². The number of halogens is 2. The SMILES string of the molecule is O=C(NCc1ccccc1)C1CN(S(=O)(=O)c2cc(Cl)ccc2Cl)c2ccccc2O1. The van der Waals surface area contributed by atoms with Crippen molar-refractivity contribution in [3.05, 3.63) is 88.4 Å². The van der Waals surface area contributed by atoms with E-state index < -0.39 is 22.0 Å². The van der Waals surface area contributed by atoms with Gasteiger partial charge in [0.1, 0.15) is 10.6 Å². The molecule has 1 N–H and O–H groups in total. The van der Waals surface area contributed by atoms with Crippen LogP contribution in [0.25, 0.3) is 0 Å². The Balaban J connectivity index is 1.64. The molecule has 1 heterocycles. The molecule has 9 heteroatoms. The van der Waals surface area contributed by atoms with Crippen molar-refractivity contribution in [2.75, 3.05) is 10.8 Å². The number of hydrogen-bond acceptors (Lipinski definition) is 4. The summed E-state index contributed by atoms with van der Waals surface area (Å²) in [5.41, 5.74) is 1.24. The fourth-order valence-corrected chi connectivity index (χ4v) is 5.47. The lowest BCUT2D eigenvalue weighted by Crippen LogP contribution is -2.50. The van der Waals surface area contributed by atoms with Gasteiger partial charge in [-0.05, 0) is 35.9 Å². The second-order valence-electron chi connectivity index (χ2n) is 6.89. The monoisotopic (exact) mass is 476 g/mol. The zero-order valence-electron chi connectivity index (χ0n) is 16.2. The highest BCUT2D eigenvalue weighted by molar-refractivity contribution is 7.93. The number of para-hydroxylation sites is 2. The van der Waals surface area contributed by atoms with Gasteiger partial charge in [-0.25, -0.2) is 8.42 Å². The standard InChI is InChI=1S/C22H18Cl2N2O4S/c23-16-10-11-17(24)21(12-16)31(28,29)26-14-20(30-19-9-5-4-8-18(19)26)22(27)25-13-15-6-2-1-3-7-15/h1-12,20H,13-14H2,(H,25,27). The number of amides is 1. The lowest BCUT2D eigenvalue weighted by Gasteiger charge is -2.34. The van der Waals surface area contributed by atoms with Gasteiger partial charge in [0.25, 0.3) is 15.9 Å². The number of anilines is 1. The summed E-state index contributed by atoms with van der Waals surface area (Å²) >= 11 is 12.2. The van der Waals surface area contributed by atoms with E-state index in [9.17, 15) is 13.2 Å². The summed E-state index contributed by atoms with van der Waals surface area (Å²) < 4.78 is 33.9. The molecular formula is C22H18Cl2N2O4S. The van der Waals surface area contributed by atoms with Crippen molar-refractivity contribution in [1.29, 1.82) is 0 Å². The van der Waals surface area contributed by atoms with Crippen LogP contribution in [0.3, 0.4) is 0 Å². The molecule has 0 bridgehead atoms. The molecule has 0 radical (unpaired) electrons. The molecule has 1 aliphatic heterocycles. The summed E-state index contributed by atoms with van der Waals surface area (Å²) in [6.07, 6.45) is -1.04. The molecule has 6 nitrogen and oxygen atoms in total. The van der Waals surface area contributed by atoms with Crippen molar-refractivity contribution >= 4 is 44.8 Å². The molecule has 0 spiro atoms. The average Bonchev–Trinajstić information content (AvgIpc) is 2.78. The van der Waals surface area contributed by atoms with E-state index >= 15 is 0 Å². The van der Waals surface area contributed by atoms with Crippen LogP contribution in [0.5, 0.6) is 5.75 Å². The number of benzene rings is 3. The van der Waals surface area contributed by atoms with Gasteiger partial charge in [0.2, 0.25) is 0 Å². The third kappa shape index (κ3) is 4.49. The number of hydrogen-bond donors (Lipinski definition) is 1. The maximum absolute atomic E-state index is 13.5. The van der Waals surface area contributed by atoms with Crippen molar-refractivity contribution in [1.82, 2.24) is 5.32 Å². The number of sulfonamides is 1. The number of nitrogens with one attached hydrogen (secondary N) is 1. The minimum absolute atomic E-state index is 0.0402. The first-order valence-corrected chi connectivity index (χ1v) is 11.6. The normalized spacial score (nSPS) is 15.7. The van der Waals surface area contributed by atoms with Crippen molar-refractivity contribution < 1.29 is 17.9 Å². The van der Waals surface area contributed by atoms with Crippen LogP contribution in [-0.4, -0.2) is 27.0 Å². The average molecular weight is 477 g/mol. The van der Waals surface area contributed by atoms with E-state index in [1.165, 1.54) is 18.2 Å². The minimum atomic E-state index is -4.11. The molecule has 3 aromatic carbocycles. The summed E-state index contributed by atoms with van der Waals surface area (Å²) in [7, 11) is -4.11.